The van der Waals surface area contributed by atoms with Crippen molar-refractivity contribution in [2.24, 2.45) is 0 Å². The van der Waals surface area contributed by atoms with Crippen LogP contribution in [0, 0.1) is 11.3 Å². The molecule has 1 aromatic heterocycles. The third-order valence-electron chi connectivity index (χ3n) is 5.27. The van der Waals surface area contributed by atoms with Gasteiger partial charge in [-0.3, -0.25) is 0 Å². The molecule has 30 heavy (non-hydrogen) atoms. The van der Waals surface area contributed by atoms with Crippen LogP contribution in [0.25, 0.3) is 11.1 Å². The van der Waals surface area contributed by atoms with Crippen LogP contribution in [0.15, 0.2) is 53.6 Å². The Hall–Kier alpha value is -2.52. The molecule has 0 N–H and O–H groups in total. The minimum absolute atomic E-state index is 0.635. The van der Waals surface area contributed by atoms with Crippen molar-refractivity contribution in [2.45, 2.75) is 23.7 Å². The molecule has 2 heterocycles. The third kappa shape index (κ3) is 4.32. The third-order valence-corrected chi connectivity index (χ3v) is 6.57. The average Bonchev–Trinajstić information content (AvgIpc) is 2.77. The second-order valence-corrected chi connectivity index (χ2v) is 8.74. The summed E-state index contributed by atoms with van der Waals surface area (Å²) in [6.45, 7) is 1.75. The van der Waals surface area contributed by atoms with Crippen LogP contribution < -0.4 is 4.74 Å². The molecule has 4 nitrogen and oxygen atoms in total. The van der Waals surface area contributed by atoms with Gasteiger partial charge in [-0.15, -0.1) is 11.8 Å². The lowest BCUT2D eigenvalue weighted by molar-refractivity contribution is 0.309. The Morgan fingerprint density at radius 1 is 1.23 bits per heavy atom. The summed E-state index contributed by atoms with van der Waals surface area (Å²) in [6, 6.07) is 18.2. The molecule has 152 valence electrons. The molecule has 4 rings (SSSR count). The maximum Gasteiger partial charge on any atom is 0.119 e. The monoisotopic (exact) mass is 435 g/mol. The van der Waals surface area contributed by atoms with E-state index in [-0.39, 0.29) is 0 Å². The Labute approximate surface area is 186 Å². The predicted octanol–water partition coefficient (Wildman–Crippen LogP) is 5.56. The van der Waals surface area contributed by atoms with E-state index in [9.17, 15) is 5.26 Å². The first-order valence-electron chi connectivity index (χ1n) is 9.75. The van der Waals surface area contributed by atoms with Crippen molar-refractivity contribution in [3.8, 4) is 22.9 Å². The minimum atomic E-state index is 0.635. The van der Waals surface area contributed by atoms with Crippen molar-refractivity contribution in [3.05, 3.63) is 75.9 Å². The van der Waals surface area contributed by atoms with Crippen LogP contribution >= 0.6 is 23.4 Å². The van der Waals surface area contributed by atoms with Gasteiger partial charge in [0.1, 0.15) is 16.8 Å². The van der Waals surface area contributed by atoms with Gasteiger partial charge >= 0.3 is 0 Å². The Morgan fingerprint density at radius 2 is 2.03 bits per heavy atom. The minimum Gasteiger partial charge on any atom is -0.497 e. The smallest absolute Gasteiger partial charge is 0.119 e. The molecule has 0 bridgehead atoms. The van der Waals surface area contributed by atoms with E-state index in [0.29, 0.717) is 5.56 Å². The van der Waals surface area contributed by atoms with Crippen LogP contribution in [0.4, 0.5) is 0 Å². The SMILES string of the molecule is COc1cccc(-c2c(C#N)c(SCc3ccc(Cl)cc3)nc3c2CN(C)CC3)c1. The lowest BCUT2D eigenvalue weighted by Gasteiger charge is -2.28. The number of hydrogen-bond donors (Lipinski definition) is 0. The van der Waals surface area contributed by atoms with Gasteiger partial charge in [-0.1, -0.05) is 35.9 Å². The summed E-state index contributed by atoms with van der Waals surface area (Å²) in [5.41, 5.74) is 5.99. The fourth-order valence-electron chi connectivity index (χ4n) is 3.71. The lowest BCUT2D eigenvalue weighted by atomic mass is 9.91. The van der Waals surface area contributed by atoms with E-state index in [1.165, 1.54) is 0 Å². The fourth-order valence-corrected chi connectivity index (χ4v) is 4.80. The molecule has 0 fully saturated rings. The van der Waals surface area contributed by atoms with Crippen LogP contribution in [0.2, 0.25) is 5.02 Å². The molecule has 0 saturated carbocycles. The molecular formula is C24H22ClN3OS. The Balaban J connectivity index is 1.81. The van der Waals surface area contributed by atoms with Gasteiger partial charge in [-0.2, -0.15) is 5.26 Å². The molecule has 3 aromatic rings. The molecule has 0 atom stereocenters. The number of aromatic nitrogens is 1. The maximum absolute atomic E-state index is 10.1. The highest BCUT2D eigenvalue weighted by molar-refractivity contribution is 7.98. The van der Waals surface area contributed by atoms with Crippen molar-refractivity contribution in [3.63, 3.8) is 0 Å². The molecule has 1 aliphatic rings. The number of halogens is 1. The molecule has 1 aliphatic heterocycles. The van der Waals surface area contributed by atoms with E-state index < -0.39 is 0 Å². The zero-order chi connectivity index (χ0) is 21.1. The van der Waals surface area contributed by atoms with E-state index in [0.717, 1.165) is 69.0 Å². The van der Waals surface area contributed by atoms with E-state index in [2.05, 4.69) is 18.0 Å². The number of fused-ring (bicyclic) bond motifs is 1. The van der Waals surface area contributed by atoms with E-state index >= 15 is 0 Å². The van der Waals surface area contributed by atoms with Gasteiger partial charge in [-0.05, 0) is 48.0 Å². The molecule has 0 unspecified atom stereocenters. The summed E-state index contributed by atoms with van der Waals surface area (Å²) in [7, 11) is 3.76. The number of rotatable bonds is 5. The number of pyridine rings is 1. The molecule has 0 amide bonds. The lowest BCUT2D eigenvalue weighted by Crippen LogP contribution is -2.28. The first-order valence-corrected chi connectivity index (χ1v) is 11.1. The van der Waals surface area contributed by atoms with Gasteiger partial charge in [0, 0.05) is 41.5 Å². The topological polar surface area (TPSA) is 49.1 Å². The average molecular weight is 436 g/mol. The van der Waals surface area contributed by atoms with Gasteiger partial charge in [0.2, 0.25) is 0 Å². The van der Waals surface area contributed by atoms with Crippen LogP contribution in [-0.2, 0) is 18.7 Å². The summed E-state index contributed by atoms with van der Waals surface area (Å²) >= 11 is 7.61. The summed E-state index contributed by atoms with van der Waals surface area (Å²) in [6.07, 6.45) is 0.878. The van der Waals surface area contributed by atoms with Crippen LogP contribution in [0.5, 0.6) is 5.75 Å². The largest absolute Gasteiger partial charge is 0.497 e. The molecule has 0 spiro atoms. The highest BCUT2D eigenvalue weighted by Gasteiger charge is 2.25. The molecule has 2 aromatic carbocycles. The van der Waals surface area contributed by atoms with Crippen molar-refractivity contribution in [1.29, 1.82) is 5.26 Å². The molecule has 0 saturated heterocycles. The number of likely N-dealkylation sites (N-methyl/N-ethyl adjacent to an activating group) is 1. The summed E-state index contributed by atoms with van der Waals surface area (Å²) < 4.78 is 5.44. The first-order chi connectivity index (χ1) is 14.6. The Kier molecular flexibility index (Phi) is 6.29. The van der Waals surface area contributed by atoms with Gasteiger partial charge in [0.25, 0.3) is 0 Å². The van der Waals surface area contributed by atoms with Crippen molar-refractivity contribution < 1.29 is 4.74 Å². The number of nitrogens with zero attached hydrogens (tertiary/aromatic N) is 3. The van der Waals surface area contributed by atoms with E-state index in [4.69, 9.17) is 21.3 Å². The number of nitriles is 1. The Morgan fingerprint density at radius 3 is 2.77 bits per heavy atom. The Bertz CT molecular complexity index is 1110. The van der Waals surface area contributed by atoms with E-state index in [1.807, 2.05) is 48.5 Å². The number of methoxy groups -OCH3 is 1. The summed E-state index contributed by atoms with van der Waals surface area (Å²) in [4.78, 5) is 7.21. The van der Waals surface area contributed by atoms with Gasteiger partial charge in [0.05, 0.1) is 12.7 Å². The van der Waals surface area contributed by atoms with Crippen molar-refractivity contribution in [2.75, 3.05) is 20.7 Å². The summed E-state index contributed by atoms with van der Waals surface area (Å²) in [5.74, 6) is 1.51. The van der Waals surface area contributed by atoms with Crippen molar-refractivity contribution in [1.82, 2.24) is 9.88 Å². The van der Waals surface area contributed by atoms with Crippen LogP contribution in [0.1, 0.15) is 22.4 Å². The van der Waals surface area contributed by atoms with Crippen LogP contribution in [-0.4, -0.2) is 30.6 Å². The normalized spacial score (nSPS) is 13.5. The number of thioether (sulfide) groups is 1. The zero-order valence-corrected chi connectivity index (χ0v) is 18.6. The maximum atomic E-state index is 10.1. The van der Waals surface area contributed by atoms with Gasteiger partial charge in [-0.25, -0.2) is 4.98 Å². The second kappa shape index (κ2) is 9.09. The second-order valence-electron chi connectivity index (χ2n) is 7.34. The zero-order valence-electron chi connectivity index (χ0n) is 17.0. The highest BCUT2D eigenvalue weighted by atomic mass is 35.5. The quantitative estimate of drug-likeness (QED) is 0.491. The molecule has 0 aliphatic carbocycles. The number of hydrogen-bond acceptors (Lipinski definition) is 5. The highest BCUT2D eigenvalue weighted by Crippen LogP contribution is 2.38. The molecule has 6 heteroatoms. The molecule has 0 radical (unpaired) electrons. The van der Waals surface area contributed by atoms with Crippen molar-refractivity contribution >= 4 is 23.4 Å². The number of benzene rings is 2. The van der Waals surface area contributed by atoms with Crippen LogP contribution in [0.3, 0.4) is 0 Å². The van der Waals surface area contributed by atoms with Gasteiger partial charge < -0.3 is 9.64 Å². The first kappa shape index (κ1) is 20.7. The van der Waals surface area contributed by atoms with Gasteiger partial charge in [0.15, 0.2) is 0 Å². The number of ether oxygens (including phenoxy) is 1. The standard InChI is InChI=1S/C24H22ClN3OS/c1-28-11-10-22-21(14-28)23(17-4-3-5-19(12-17)29-2)20(13-26)24(27-22)30-15-16-6-8-18(25)9-7-16/h3-9,12H,10-11,14-15H2,1-2H3. The predicted molar refractivity (Wildman–Crippen MR) is 122 cm³/mol. The fraction of sp³-hybridized carbons (Fsp3) is 0.250. The summed E-state index contributed by atoms with van der Waals surface area (Å²) in [5, 5.41) is 11.6. The molecular weight excluding hydrogens is 414 g/mol. The van der Waals surface area contributed by atoms with E-state index in [1.54, 1.807) is 18.9 Å².